The lowest BCUT2D eigenvalue weighted by atomic mass is 10.1. The maximum atomic E-state index is 6.06. The van der Waals surface area contributed by atoms with Gasteiger partial charge in [-0.25, -0.2) is 4.98 Å². The summed E-state index contributed by atoms with van der Waals surface area (Å²) in [6.07, 6.45) is 6.58. The normalized spacial score (nSPS) is 11.0. The van der Waals surface area contributed by atoms with Gasteiger partial charge < -0.3 is 9.88 Å². The summed E-state index contributed by atoms with van der Waals surface area (Å²) in [5.74, 6) is 0.818. The molecule has 1 aromatic carbocycles. The number of hydrogen-bond acceptors (Lipinski definition) is 3. The first-order valence-corrected chi connectivity index (χ1v) is 7.27. The zero-order valence-electron chi connectivity index (χ0n) is 12.1. The summed E-state index contributed by atoms with van der Waals surface area (Å²) in [7, 11) is 2.04. The molecule has 2 aromatic heterocycles. The van der Waals surface area contributed by atoms with Crippen LogP contribution in [-0.2, 0) is 13.5 Å². The lowest BCUT2D eigenvalue weighted by Crippen LogP contribution is -2.06. The first kappa shape index (κ1) is 13.9. The van der Waals surface area contributed by atoms with Crippen LogP contribution in [0.15, 0.2) is 36.8 Å². The predicted octanol–water partition coefficient (Wildman–Crippen LogP) is 3.58. The van der Waals surface area contributed by atoms with Crippen LogP contribution in [0.4, 0.5) is 5.82 Å². The van der Waals surface area contributed by atoms with Gasteiger partial charge in [-0.3, -0.25) is 4.98 Å². The number of rotatable bonds is 4. The maximum absolute atomic E-state index is 6.06. The van der Waals surface area contributed by atoms with Crippen LogP contribution < -0.4 is 5.32 Å². The van der Waals surface area contributed by atoms with Crippen molar-refractivity contribution in [1.82, 2.24) is 14.5 Å². The van der Waals surface area contributed by atoms with Crippen LogP contribution >= 0.6 is 11.6 Å². The smallest absolute Gasteiger partial charge is 0.144 e. The lowest BCUT2D eigenvalue weighted by Gasteiger charge is -2.05. The lowest BCUT2D eigenvalue weighted by molar-refractivity contribution is 0.939. The van der Waals surface area contributed by atoms with Crippen LogP contribution in [0.5, 0.6) is 0 Å². The van der Waals surface area contributed by atoms with Gasteiger partial charge in [-0.2, -0.15) is 0 Å². The summed E-state index contributed by atoms with van der Waals surface area (Å²) >= 11 is 6.06. The highest BCUT2D eigenvalue weighted by Gasteiger charge is 2.07. The number of fused-ring (bicyclic) bond motifs is 1. The average molecular weight is 301 g/mol. The number of aromatic nitrogens is 3. The SMILES string of the molecule is Cc1cncc(NCCc2cn(C)c3cc(Cl)ccc23)n1. The largest absolute Gasteiger partial charge is 0.368 e. The molecular weight excluding hydrogens is 284 g/mol. The predicted molar refractivity (Wildman–Crippen MR) is 86.9 cm³/mol. The monoisotopic (exact) mass is 300 g/mol. The van der Waals surface area contributed by atoms with Crippen molar-refractivity contribution in [1.29, 1.82) is 0 Å². The molecule has 0 amide bonds. The van der Waals surface area contributed by atoms with E-state index in [1.165, 1.54) is 10.9 Å². The van der Waals surface area contributed by atoms with E-state index in [-0.39, 0.29) is 0 Å². The second-order valence-corrected chi connectivity index (χ2v) is 5.59. The number of hydrogen-bond donors (Lipinski definition) is 1. The molecule has 3 aromatic rings. The van der Waals surface area contributed by atoms with Crippen molar-refractivity contribution in [3.05, 3.63) is 53.1 Å². The van der Waals surface area contributed by atoms with Crippen LogP contribution in [0.1, 0.15) is 11.3 Å². The van der Waals surface area contributed by atoms with Crippen molar-refractivity contribution in [2.75, 3.05) is 11.9 Å². The van der Waals surface area contributed by atoms with E-state index in [2.05, 4.69) is 32.1 Å². The fourth-order valence-corrected chi connectivity index (χ4v) is 2.68. The van der Waals surface area contributed by atoms with Gasteiger partial charge in [-0.15, -0.1) is 0 Å². The Kier molecular flexibility index (Phi) is 3.80. The molecule has 108 valence electrons. The van der Waals surface area contributed by atoms with E-state index < -0.39 is 0 Å². The maximum Gasteiger partial charge on any atom is 0.144 e. The van der Waals surface area contributed by atoms with Gasteiger partial charge in [0.2, 0.25) is 0 Å². The van der Waals surface area contributed by atoms with E-state index in [4.69, 9.17) is 11.6 Å². The highest BCUT2D eigenvalue weighted by atomic mass is 35.5. The molecule has 3 rings (SSSR count). The first-order chi connectivity index (χ1) is 10.1. The molecule has 2 heterocycles. The van der Waals surface area contributed by atoms with Gasteiger partial charge in [0.1, 0.15) is 5.82 Å². The van der Waals surface area contributed by atoms with E-state index in [0.29, 0.717) is 0 Å². The molecule has 0 aliphatic heterocycles. The summed E-state index contributed by atoms with van der Waals surface area (Å²) in [4.78, 5) is 8.52. The molecule has 1 N–H and O–H groups in total. The van der Waals surface area contributed by atoms with Crippen LogP contribution in [0, 0.1) is 6.92 Å². The van der Waals surface area contributed by atoms with Crippen LogP contribution in [-0.4, -0.2) is 21.1 Å². The van der Waals surface area contributed by atoms with Gasteiger partial charge in [-0.1, -0.05) is 17.7 Å². The summed E-state index contributed by atoms with van der Waals surface area (Å²) in [5, 5.41) is 5.33. The minimum absolute atomic E-state index is 0.767. The topological polar surface area (TPSA) is 42.7 Å². The highest BCUT2D eigenvalue weighted by Crippen LogP contribution is 2.24. The molecule has 0 bridgehead atoms. The molecule has 4 nitrogen and oxygen atoms in total. The number of halogens is 1. The van der Waals surface area contributed by atoms with E-state index >= 15 is 0 Å². The molecule has 0 unspecified atom stereocenters. The number of aryl methyl sites for hydroxylation is 2. The van der Waals surface area contributed by atoms with Crippen LogP contribution in [0.25, 0.3) is 10.9 Å². The fraction of sp³-hybridized carbons (Fsp3) is 0.250. The second kappa shape index (κ2) is 5.74. The Hall–Kier alpha value is -2.07. The Balaban J connectivity index is 1.74. The molecule has 0 saturated heterocycles. The van der Waals surface area contributed by atoms with Crippen molar-refractivity contribution >= 4 is 28.3 Å². The molecule has 0 aliphatic carbocycles. The number of nitrogens with one attached hydrogen (secondary N) is 1. The third-order valence-corrected chi connectivity index (χ3v) is 3.73. The quantitative estimate of drug-likeness (QED) is 0.801. The Morgan fingerprint density at radius 1 is 1.29 bits per heavy atom. The van der Waals surface area contributed by atoms with E-state index in [0.717, 1.165) is 35.0 Å². The molecule has 21 heavy (non-hydrogen) atoms. The van der Waals surface area contributed by atoms with Crippen molar-refractivity contribution in [2.45, 2.75) is 13.3 Å². The Morgan fingerprint density at radius 3 is 2.95 bits per heavy atom. The van der Waals surface area contributed by atoms with E-state index in [1.54, 1.807) is 12.4 Å². The van der Waals surface area contributed by atoms with Gasteiger partial charge in [-0.05, 0) is 31.0 Å². The Morgan fingerprint density at radius 2 is 2.14 bits per heavy atom. The molecular formula is C16H17ClN4. The third-order valence-electron chi connectivity index (χ3n) is 3.49. The van der Waals surface area contributed by atoms with Crippen LogP contribution in [0.2, 0.25) is 5.02 Å². The Labute approximate surface area is 128 Å². The van der Waals surface area contributed by atoms with Gasteiger partial charge in [0.05, 0.1) is 11.9 Å². The van der Waals surface area contributed by atoms with Crippen molar-refractivity contribution in [3.8, 4) is 0 Å². The minimum atomic E-state index is 0.767. The highest BCUT2D eigenvalue weighted by molar-refractivity contribution is 6.31. The molecule has 0 aliphatic rings. The third kappa shape index (κ3) is 3.00. The average Bonchev–Trinajstić information content (AvgIpc) is 2.75. The standard InChI is InChI=1S/C16H17ClN4/c1-11-8-18-9-16(20-11)19-6-5-12-10-21(2)15-7-13(17)3-4-14(12)15/h3-4,7-10H,5-6H2,1-2H3,(H,19,20). The minimum Gasteiger partial charge on any atom is -0.368 e. The van der Waals surface area contributed by atoms with Gasteiger partial charge in [0, 0.05) is 41.9 Å². The molecule has 0 saturated carbocycles. The van der Waals surface area contributed by atoms with Crippen molar-refractivity contribution < 1.29 is 0 Å². The summed E-state index contributed by atoms with van der Waals surface area (Å²) in [6.45, 7) is 2.76. The second-order valence-electron chi connectivity index (χ2n) is 5.15. The number of anilines is 1. The fourth-order valence-electron chi connectivity index (χ4n) is 2.51. The molecule has 0 atom stereocenters. The van der Waals surface area contributed by atoms with Gasteiger partial charge in [0.25, 0.3) is 0 Å². The summed E-state index contributed by atoms with van der Waals surface area (Å²) < 4.78 is 2.11. The molecule has 0 spiro atoms. The van der Waals surface area contributed by atoms with Crippen LogP contribution in [0.3, 0.4) is 0 Å². The van der Waals surface area contributed by atoms with E-state index in [1.807, 2.05) is 26.1 Å². The summed E-state index contributed by atoms with van der Waals surface area (Å²) in [5.41, 5.74) is 3.38. The zero-order valence-corrected chi connectivity index (χ0v) is 12.9. The number of benzene rings is 1. The summed E-state index contributed by atoms with van der Waals surface area (Å²) in [6, 6.07) is 6.02. The van der Waals surface area contributed by atoms with Crippen molar-refractivity contribution in [3.63, 3.8) is 0 Å². The van der Waals surface area contributed by atoms with Gasteiger partial charge in [0.15, 0.2) is 0 Å². The first-order valence-electron chi connectivity index (χ1n) is 6.89. The molecule has 0 radical (unpaired) electrons. The van der Waals surface area contributed by atoms with Gasteiger partial charge >= 0.3 is 0 Å². The Bertz CT molecular complexity index is 779. The van der Waals surface area contributed by atoms with E-state index in [9.17, 15) is 0 Å². The number of nitrogens with zero attached hydrogens (tertiary/aromatic N) is 3. The molecule has 5 heteroatoms. The zero-order chi connectivity index (χ0) is 14.8. The molecule has 0 fully saturated rings. The van der Waals surface area contributed by atoms with Crippen molar-refractivity contribution in [2.24, 2.45) is 7.05 Å².